The Kier molecular flexibility index (Phi) is 4.74. The average molecular weight is 256 g/mol. The first-order valence-electron chi connectivity index (χ1n) is 5.71. The maximum atomic E-state index is 11.8. The van der Waals surface area contributed by atoms with Crippen LogP contribution in [0.5, 0.6) is 0 Å². The maximum Gasteiger partial charge on any atom is 0.265 e. The second kappa shape index (κ2) is 5.86. The van der Waals surface area contributed by atoms with Crippen molar-refractivity contribution in [2.24, 2.45) is 5.92 Å². The molecule has 0 saturated carbocycles. The molecule has 0 spiro atoms. The number of hydrogen-bond donors (Lipinski definition) is 3. The van der Waals surface area contributed by atoms with E-state index in [0.717, 1.165) is 6.54 Å². The lowest BCUT2D eigenvalue weighted by molar-refractivity contribution is 0.0948. The molecule has 1 amide bonds. The molecule has 0 aliphatic rings. The Balaban J connectivity index is 2.71. The molecular formula is C11H20N4OS. The number of aromatic nitrogens is 1. The number of nitrogen functional groups attached to an aromatic ring is 1. The number of nitrogens with two attached hydrogens (primary N) is 1. The van der Waals surface area contributed by atoms with Crippen LogP contribution in [0.15, 0.2) is 0 Å². The number of hydrogen-bond acceptors (Lipinski definition) is 5. The van der Waals surface area contributed by atoms with Gasteiger partial charge in [-0.15, -0.1) is 0 Å². The molecule has 1 rings (SSSR count). The van der Waals surface area contributed by atoms with E-state index in [1.54, 1.807) is 0 Å². The summed E-state index contributed by atoms with van der Waals surface area (Å²) in [4.78, 5) is 16.4. The fraction of sp³-hybridized carbons (Fsp3) is 0.636. The number of nitrogens with zero attached hydrogens (tertiary/aromatic N) is 1. The van der Waals surface area contributed by atoms with Crippen LogP contribution in [0.1, 0.15) is 37.4 Å². The fourth-order valence-corrected chi connectivity index (χ4v) is 1.98. The summed E-state index contributed by atoms with van der Waals surface area (Å²) in [5, 5.41) is 6.66. The van der Waals surface area contributed by atoms with Crippen LogP contribution >= 0.6 is 11.3 Å². The Labute approximate surface area is 106 Å². The Morgan fingerprint density at radius 3 is 2.59 bits per heavy atom. The highest BCUT2D eigenvalue weighted by atomic mass is 32.1. The van der Waals surface area contributed by atoms with E-state index < -0.39 is 0 Å². The number of amides is 1. The smallest absolute Gasteiger partial charge is 0.265 e. The van der Waals surface area contributed by atoms with Crippen LogP contribution in [0.3, 0.4) is 0 Å². The van der Waals surface area contributed by atoms with Gasteiger partial charge >= 0.3 is 0 Å². The Morgan fingerprint density at radius 2 is 2.06 bits per heavy atom. The molecule has 4 N–H and O–H groups in total. The van der Waals surface area contributed by atoms with Gasteiger partial charge in [-0.05, 0) is 19.8 Å². The summed E-state index contributed by atoms with van der Waals surface area (Å²) in [7, 11) is 0. The molecule has 0 atom stereocenters. The molecule has 0 radical (unpaired) electrons. The van der Waals surface area contributed by atoms with Crippen LogP contribution in [0.4, 0.5) is 10.9 Å². The molecule has 0 unspecified atom stereocenters. The summed E-state index contributed by atoms with van der Waals surface area (Å²) in [5.41, 5.74) is 5.72. The minimum atomic E-state index is -0.160. The zero-order valence-corrected chi connectivity index (χ0v) is 11.5. The molecule has 0 fully saturated rings. The quantitative estimate of drug-likeness (QED) is 0.752. The lowest BCUT2D eigenvalue weighted by Gasteiger charge is -2.06. The largest absolute Gasteiger partial charge is 0.382 e. The predicted octanol–water partition coefficient (Wildman–Crippen LogP) is 1.93. The number of thiazole rings is 1. The van der Waals surface area contributed by atoms with E-state index >= 15 is 0 Å². The molecule has 0 bridgehead atoms. The second-order valence-corrected chi connectivity index (χ2v) is 5.64. The van der Waals surface area contributed by atoms with E-state index in [4.69, 9.17) is 5.73 Å². The van der Waals surface area contributed by atoms with Crippen LogP contribution in [-0.2, 0) is 0 Å². The van der Waals surface area contributed by atoms with E-state index in [-0.39, 0.29) is 11.9 Å². The molecule has 0 aliphatic heterocycles. The van der Waals surface area contributed by atoms with Crippen molar-refractivity contribution >= 4 is 28.2 Å². The standard InChI is InChI=1S/C11H20N4OS/c1-6(2)5-13-11-15-9(12)8(17-11)10(16)14-7(3)4/h6-7H,5,12H2,1-4H3,(H,13,15)(H,14,16). The minimum absolute atomic E-state index is 0.0936. The van der Waals surface area contributed by atoms with Crippen LogP contribution in [-0.4, -0.2) is 23.5 Å². The van der Waals surface area contributed by atoms with Gasteiger partial charge in [0.1, 0.15) is 10.7 Å². The fourth-order valence-electron chi connectivity index (χ4n) is 1.19. The zero-order chi connectivity index (χ0) is 13.0. The molecule has 1 heterocycles. The van der Waals surface area contributed by atoms with E-state index in [1.165, 1.54) is 11.3 Å². The summed E-state index contributed by atoms with van der Waals surface area (Å²) in [6.45, 7) is 8.85. The first kappa shape index (κ1) is 13.8. The van der Waals surface area contributed by atoms with Crippen molar-refractivity contribution in [2.75, 3.05) is 17.6 Å². The van der Waals surface area contributed by atoms with E-state index in [0.29, 0.717) is 21.7 Å². The first-order valence-corrected chi connectivity index (χ1v) is 6.52. The molecule has 5 nitrogen and oxygen atoms in total. The van der Waals surface area contributed by atoms with Gasteiger partial charge in [0.15, 0.2) is 5.13 Å². The van der Waals surface area contributed by atoms with Gasteiger partial charge in [0.2, 0.25) is 0 Å². The van der Waals surface area contributed by atoms with Crippen molar-refractivity contribution in [1.29, 1.82) is 0 Å². The lowest BCUT2D eigenvalue weighted by Crippen LogP contribution is -2.29. The molecule has 0 saturated heterocycles. The summed E-state index contributed by atoms with van der Waals surface area (Å²) < 4.78 is 0. The van der Waals surface area contributed by atoms with Gasteiger partial charge in [-0.3, -0.25) is 4.79 Å². The maximum absolute atomic E-state index is 11.8. The van der Waals surface area contributed by atoms with Crippen molar-refractivity contribution in [1.82, 2.24) is 10.3 Å². The molecule has 6 heteroatoms. The number of carbonyl (C=O) groups is 1. The van der Waals surface area contributed by atoms with Crippen LogP contribution in [0.2, 0.25) is 0 Å². The van der Waals surface area contributed by atoms with Gasteiger partial charge in [-0.2, -0.15) is 0 Å². The van der Waals surface area contributed by atoms with Gasteiger partial charge in [0.25, 0.3) is 5.91 Å². The third-order valence-electron chi connectivity index (χ3n) is 1.94. The Hall–Kier alpha value is -1.30. The predicted molar refractivity (Wildman–Crippen MR) is 72.5 cm³/mol. The molecular weight excluding hydrogens is 236 g/mol. The lowest BCUT2D eigenvalue weighted by atomic mass is 10.2. The van der Waals surface area contributed by atoms with Crippen LogP contribution < -0.4 is 16.4 Å². The SMILES string of the molecule is CC(C)CNc1nc(N)c(C(=O)NC(C)C)s1. The van der Waals surface area contributed by atoms with E-state index in [1.807, 2.05) is 13.8 Å². The highest BCUT2D eigenvalue weighted by Gasteiger charge is 2.16. The van der Waals surface area contributed by atoms with Gasteiger partial charge in [-0.1, -0.05) is 25.2 Å². The average Bonchev–Trinajstić information content (AvgIpc) is 2.55. The summed E-state index contributed by atoms with van der Waals surface area (Å²) in [5.74, 6) is 0.653. The zero-order valence-electron chi connectivity index (χ0n) is 10.7. The molecule has 1 aromatic rings. The molecule has 0 aliphatic carbocycles. The van der Waals surface area contributed by atoms with Crippen LogP contribution in [0.25, 0.3) is 0 Å². The number of carbonyl (C=O) groups excluding carboxylic acids is 1. The monoisotopic (exact) mass is 256 g/mol. The third-order valence-corrected chi connectivity index (χ3v) is 2.97. The van der Waals surface area contributed by atoms with Gasteiger partial charge < -0.3 is 16.4 Å². The van der Waals surface area contributed by atoms with Gasteiger partial charge in [0, 0.05) is 12.6 Å². The highest BCUT2D eigenvalue weighted by Crippen LogP contribution is 2.25. The molecule has 0 aromatic carbocycles. The van der Waals surface area contributed by atoms with Crippen molar-refractivity contribution in [3.05, 3.63) is 4.88 Å². The second-order valence-electron chi connectivity index (χ2n) is 4.64. The molecule has 1 aromatic heterocycles. The number of nitrogens with one attached hydrogen (secondary N) is 2. The minimum Gasteiger partial charge on any atom is -0.382 e. The Bertz CT molecular complexity index is 387. The topological polar surface area (TPSA) is 80.0 Å². The number of rotatable bonds is 5. The summed E-state index contributed by atoms with van der Waals surface area (Å²) in [6.07, 6.45) is 0. The van der Waals surface area contributed by atoms with Crippen molar-refractivity contribution in [3.63, 3.8) is 0 Å². The van der Waals surface area contributed by atoms with Gasteiger partial charge in [-0.25, -0.2) is 4.98 Å². The van der Waals surface area contributed by atoms with E-state index in [9.17, 15) is 4.79 Å². The highest BCUT2D eigenvalue weighted by molar-refractivity contribution is 7.18. The number of anilines is 2. The third kappa shape index (κ3) is 4.22. The Morgan fingerprint density at radius 1 is 1.41 bits per heavy atom. The normalized spacial score (nSPS) is 10.9. The van der Waals surface area contributed by atoms with Crippen LogP contribution in [0, 0.1) is 5.92 Å². The van der Waals surface area contributed by atoms with Crippen molar-refractivity contribution in [2.45, 2.75) is 33.7 Å². The molecule has 17 heavy (non-hydrogen) atoms. The summed E-state index contributed by atoms with van der Waals surface area (Å²) in [6, 6.07) is 0.0936. The molecule has 96 valence electrons. The van der Waals surface area contributed by atoms with Crippen molar-refractivity contribution in [3.8, 4) is 0 Å². The van der Waals surface area contributed by atoms with Gasteiger partial charge in [0.05, 0.1) is 0 Å². The van der Waals surface area contributed by atoms with Crippen molar-refractivity contribution < 1.29 is 4.79 Å². The van der Waals surface area contributed by atoms with E-state index in [2.05, 4.69) is 29.5 Å². The summed E-state index contributed by atoms with van der Waals surface area (Å²) >= 11 is 1.29. The first-order chi connectivity index (χ1) is 7.90.